The molecule has 2 N–H and O–H groups in total. The highest BCUT2D eigenvalue weighted by Gasteiger charge is 2.46. The lowest BCUT2D eigenvalue weighted by atomic mass is 9.77. The molecule has 1 atom stereocenters. The predicted molar refractivity (Wildman–Crippen MR) is 75.6 cm³/mol. The maximum atomic E-state index is 12.5. The van der Waals surface area contributed by atoms with Crippen LogP contribution in [0.25, 0.3) is 0 Å². The molecule has 0 aromatic heterocycles. The number of hydrogen-bond acceptors (Lipinski definition) is 3. The quantitative estimate of drug-likeness (QED) is 0.814. The van der Waals surface area contributed by atoms with Crippen LogP contribution in [0.5, 0.6) is 0 Å². The number of hydrogen-bond donors (Lipinski definition) is 2. The average molecular weight is 283 g/mol. The van der Waals surface area contributed by atoms with Crippen molar-refractivity contribution in [2.75, 3.05) is 26.7 Å². The molecule has 20 heavy (non-hydrogen) atoms. The van der Waals surface area contributed by atoms with Gasteiger partial charge in [0, 0.05) is 19.1 Å². The van der Waals surface area contributed by atoms with Gasteiger partial charge in [0.15, 0.2) is 0 Å². The molecule has 1 saturated carbocycles. The molecule has 2 aliphatic rings. The van der Waals surface area contributed by atoms with Crippen molar-refractivity contribution in [2.45, 2.75) is 50.6 Å². The second-order valence-corrected chi connectivity index (χ2v) is 6.04. The molecule has 6 nitrogen and oxygen atoms in total. The van der Waals surface area contributed by atoms with E-state index in [-0.39, 0.29) is 12.1 Å². The molecular weight excluding hydrogens is 258 g/mol. The van der Waals surface area contributed by atoms with Crippen LogP contribution in [0.4, 0.5) is 4.79 Å². The molecule has 6 heteroatoms. The SMILES string of the molecule is CCC1CN(C)CCCN1C(=O)NC1(C(=O)O)CCC1. The molecule has 1 heterocycles. The van der Waals surface area contributed by atoms with Crippen molar-refractivity contribution in [3.05, 3.63) is 0 Å². The third kappa shape index (κ3) is 2.90. The van der Waals surface area contributed by atoms with Gasteiger partial charge in [-0.3, -0.25) is 0 Å². The van der Waals surface area contributed by atoms with Gasteiger partial charge in [0.05, 0.1) is 0 Å². The van der Waals surface area contributed by atoms with Gasteiger partial charge in [-0.15, -0.1) is 0 Å². The predicted octanol–water partition coefficient (Wildman–Crippen LogP) is 1.12. The lowest BCUT2D eigenvalue weighted by Crippen LogP contribution is -2.63. The monoisotopic (exact) mass is 283 g/mol. The minimum atomic E-state index is -1.02. The number of rotatable bonds is 3. The zero-order valence-corrected chi connectivity index (χ0v) is 12.4. The summed E-state index contributed by atoms with van der Waals surface area (Å²) in [5.74, 6) is -0.905. The van der Waals surface area contributed by atoms with Gasteiger partial charge in [-0.05, 0) is 45.7 Å². The van der Waals surface area contributed by atoms with Crippen molar-refractivity contribution in [3.8, 4) is 0 Å². The van der Waals surface area contributed by atoms with Crippen LogP contribution < -0.4 is 5.32 Å². The Kier molecular flexibility index (Phi) is 4.52. The molecule has 1 unspecified atom stereocenters. The Morgan fingerprint density at radius 3 is 2.50 bits per heavy atom. The number of carbonyl (C=O) groups is 2. The van der Waals surface area contributed by atoms with Gasteiger partial charge in [0.2, 0.25) is 0 Å². The van der Waals surface area contributed by atoms with E-state index in [1.807, 2.05) is 4.90 Å². The van der Waals surface area contributed by atoms with Gasteiger partial charge in [0.25, 0.3) is 0 Å². The zero-order valence-electron chi connectivity index (χ0n) is 12.4. The van der Waals surface area contributed by atoms with Crippen molar-refractivity contribution in [1.82, 2.24) is 15.1 Å². The molecule has 0 aromatic carbocycles. The van der Waals surface area contributed by atoms with Crippen molar-refractivity contribution in [1.29, 1.82) is 0 Å². The summed E-state index contributed by atoms with van der Waals surface area (Å²) in [5, 5.41) is 12.1. The Bertz CT molecular complexity index is 382. The van der Waals surface area contributed by atoms with Gasteiger partial charge in [-0.2, -0.15) is 0 Å². The molecule has 0 bridgehead atoms. The molecule has 114 valence electrons. The summed E-state index contributed by atoms with van der Waals surface area (Å²) in [7, 11) is 2.06. The van der Waals surface area contributed by atoms with E-state index in [1.54, 1.807) is 0 Å². The topological polar surface area (TPSA) is 72.9 Å². The Morgan fingerprint density at radius 2 is 2.00 bits per heavy atom. The Hall–Kier alpha value is -1.30. The third-order valence-corrected chi connectivity index (χ3v) is 4.60. The highest BCUT2D eigenvalue weighted by Crippen LogP contribution is 2.32. The number of amides is 2. The number of likely N-dealkylation sites (N-methyl/N-ethyl adjacent to an activating group) is 1. The lowest BCUT2D eigenvalue weighted by Gasteiger charge is -2.41. The van der Waals surface area contributed by atoms with Gasteiger partial charge in [-0.1, -0.05) is 6.92 Å². The summed E-state index contributed by atoms with van der Waals surface area (Å²) in [6.07, 6.45) is 3.77. The largest absolute Gasteiger partial charge is 0.480 e. The molecule has 2 fully saturated rings. The Labute approximate surface area is 120 Å². The normalized spacial score (nSPS) is 26.5. The van der Waals surface area contributed by atoms with E-state index < -0.39 is 11.5 Å². The van der Waals surface area contributed by atoms with Crippen molar-refractivity contribution < 1.29 is 14.7 Å². The highest BCUT2D eigenvalue weighted by molar-refractivity contribution is 5.87. The molecule has 1 saturated heterocycles. The molecule has 2 rings (SSSR count). The number of carboxylic acids is 1. The first-order valence-electron chi connectivity index (χ1n) is 7.49. The van der Waals surface area contributed by atoms with Crippen molar-refractivity contribution >= 4 is 12.0 Å². The van der Waals surface area contributed by atoms with E-state index in [4.69, 9.17) is 0 Å². The maximum absolute atomic E-state index is 12.5. The summed E-state index contributed by atoms with van der Waals surface area (Å²) in [6, 6.07) is -0.0531. The second kappa shape index (κ2) is 5.99. The minimum Gasteiger partial charge on any atom is -0.480 e. The van der Waals surface area contributed by atoms with Gasteiger partial charge >= 0.3 is 12.0 Å². The first kappa shape index (κ1) is 15.1. The Balaban J connectivity index is 2.04. The number of carbonyl (C=O) groups excluding carboxylic acids is 1. The van der Waals surface area contributed by atoms with Crippen LogP contribution in [-0.4, -0.2) is 65.2 Å². The van der Waals surface area contributed by atoms with Crippen molar-refractivity contribution in [2.24, 2.45) is 0 Å². The van der Waals surface area contributed by atoms with E-state index in [1.165, 1.54) is 0 Å². The van der Waals surface area contributed by atoms with Gasteiger partial charge in [0.1, 0.15) is 5.54 Å². The number of nitrogens with zero attached hydrogens (tertiary/aromatic N) is 2. The summed E-state index contributed by atoms with van der Waals surface area (Å²) >= 11 is 0. The number of urea groups is 1. The third-order valence-electron chi connectivity index (χ3n) is 4.60. The van der Waals surface area contributed by atoms with E-state index in [2.05, 4.69) is 24.2 Å². The standard InChI is InChI=1S/C14H25N3O3/c1-3-11-10-16(2)8-5-9-17(11)13(20)15-14(12(18)19)6-4-7-14/h11H,3-10H2,1-2H3,(H,15,20)(H,18,19). The average Bonchev–Trinajstić information content (AvgIpc) is 2.54. The van der Waals surface area contributed by atoms with Crippen LogP contribution >= 0.6 is 0 Å². The maximum Gasteiger partial charge on any atom is 0.329 e. The van der Waals surface area contributed by atoms with E-state index >= 15 is 0 Å². The number of aliphatic carboxylic acids is 1. The van der Waals surface area contributed by atoms with Crippen LogP contribution in [0.15, 0.2) is 0 Å². The molecule has 0 radical (unpaired) electrons. The van der Waals surface area contributed by atoms with Crippen LogP contribution in [0.2, 0.25) is 0 Å². The number of nitrogens with one attached hydrogen (secondary N) is 1. The summed E-state index contributed by atoms with van der Waals surface area (Å²) in [4.78, 5) is 27.9. The van der Waals surface area contributed by atoms with Crippen LogP contribution in [0, 0.1) is 0 Å². The molecule has 1 aliphatic carbocycles. The Morgan fingerprint density at radius 1 is 1.30 bits per heavy atom. The molecule has 0 spiro atoms. The van der Waals surface area contributed by atoms with Crippen molar-refractivity contribution in [3.63, 3.8) is 0 Å². The fraction of sp³-hybridized carbons (Fsp3) is 0.857. The van der Waals surface area contributed by atoms with Crippen LogP contribution in [0.1, 0.15) is 39.0 Å². The summed E-state index contributed by atoms with van der Waals surface area (Å²) in [5.41, 5.74) is -1.02. The second-order valence-electron chi connectivity index (χ2n) is 6.04. The fourth-order valence-electron chi connectivity index (χ4n) is 3.06. The highest BCUT2D eigenvalue weighted by atomic mass is 16.4. The van der Waals surface area contributed by atoms with Crippen LogP contribution in [0.3, 0.4) is 0 Å². The van der Waals surface area contributed by atoms with E-state index in [0.717, 1.165) is 32.4 Å². The van der Waals surface area contributed by atoms with Gasteiger partial charge in [-0.25, -0.2) is 9.59 Å². The van der Waals surface area contributed by atoms with E-state index in [9.17, 15) is 14.7 Å². The summed E-state index contributed by atoms with van der Waals surface area (Å²) < 4.78 is 0. The van der Waals surface area contributed by atoms with Crippen LogP contribution in [-0.2, 0) is 4.79 Å². The molecular formula is C14H25N3O3. The smallest absolute Gasteiger partial charge is 0.329 e. The first-order valence-corrected chi connectivity index (χ1v) is 7.49. The molecule has 0 aromatic rings. The molecule has 1 aliphatic heterocycles. The number of carboxylic acid groups (broad SMARTS) is 1. The minimum absolute atomic E-state index is 0.161. The lowest BCUT2D eigenvalue weighted by molar-refractivity contribution is -0.148. The van der Waals surface area contributed by atoms with E-state index in [0.29, 0.717) is 19.4 Å². The van der Waals surface area contributed by atoms with Gasteiger partial charge < -0.3 is 20.2 Å². The first-order chi connectivity index (χ1) is 9.48. The zero-order chi connectivity index (χ0) is 14.8. The molecule has 2 amide bonds. The fourth-order valence-corrected chi connectivity index (χ4v) is 3.06. The summed E-state index contributed by atoms with van der Waals surface area (Å²) in [6.45, 7) is 4.60.